The Labute approximate surface area is 397 Å². The van der Waals surface area contributed by atoms with Crippen LogP contribution in [-0.2, 0) is 25.7 Å². The zero-order valence-electron chi connectivity index (χ0n) is 37.6. The molecule has 0 bridgehead atoms. The number of hydrogen-bond acceptors (Lipinski definition) is 7. The first kappa shape index (κ1) is 41.6. The van der Waals surface area contributed by atoms with Crippen molar-refractivity contribution in [3.05, 3.63) is 255 Å². The van der Waals surface area contributed by atoms with Crippen LogP contribution in [0.4, 0.5) is 0 Å². The van der Waals surface area contributed by atoms with Crippen molar-refractivity contribution in [1.29, 1.82) is 0 Å². The molecule has 330 valence electrons. The van der Waals surface area contributed by atoms with Gasteiger partial charge in [0.2, 0.25) is 0 Å². The van der Waals surface area contributed by atoms with Crippen molar-refractivity contribution >= 4 is 54.9 Å². The maximum Gasteiger partial charge on any atom is 0.345 e. The molecule has 0 atom stereocenters. The summed E-state index contributed by atoms with van der Waals surface area (Å²) in [6, 6.07) is 57.7. The monoisotopic (exact) mass is 893 g/mol. The number of para-hydroxylation sites is 2. The second-order valence-corrected chi connectivity index (χ2v) is 17.7. The number of nitrogens with zero attached hydrogens (tertiary/aromatic N) is 3. The molecule has 0 radical (unpaired) electrons. The van der Waals surface area contributed by atoms with E-state index in [1.165, 1.54) is 22.3 Å². The fraction of sp³-hybridized carbons (Fsp3) is 0.0806. The van der Waals surface area contributed by atoms with Gasteiger partial charge < -0.3 is 8.83 Å². The van der Waals surface area contributed by atoms with Crippen LogP contribution in [0.2, 0.25) is 0 Å². The Morgan fingerprint density at radius 3 is 1.51 bits per heavy atom. The van der Waals surface area contributed by atoms with Gasteiger partial charge in [-0.3, -0.25) is 15.0 Å². The van der Waals surface area contributed by atoms with E-state index in [-0.39, 0.29) is 11.3 Å². The Bertz CT molecular complexity index is 3810. The quantitative estimate of drug-likeness (QED) is 0.0942. The molecule has 0 N–H and O–H groups in total. The minimum Gasteiger partial charge on any atom is -0.422 e. The maximum atomic E-state index is 13.2. The van der Waals surface area contributed by atoms with Crippen LogP contribution in [0.25, 0.3) is 88.4 Å². The Hall–Kier alpha value is -8.81. The average Bonchev–Trinajstić information content (AvgIpc) is 3.90. The molecule has 5 heterocycles. The van der Waals surface area contributed by atoms with E-state index in [0.717, 1.165) is 85.8 Å². The molecule has 1 aliphatic carbocycles. The van der Waals surface area contributed by atoms with Crippen LogP contribution >= 0.6 is 0 Å². The first-order valence-corrected chi connectivity index (χ1v) is 23.3. The third-order valence-electron chi connectivity index (χ3n) is 13.3. The molecule has 0 saturated heterocycles. The van der Waals surface area contributed by atoms with Crippen LogP contribution in [0, 0.1) is 0 Å². The second-order valence-electron chi connectivity index (χ2n) is 17.7. The van der Waals surface area contributed by atoms with Crippen LogP contribution in [0.3, 0.4) is 0 Å². The molecule has 7 nitrogen and oxygen atoms in total. The van der Waals surface area contributed by atoms with Gasteiger partial charge in [-0.25, -0.2) is 9.59 Å². The average molecular weight is 894 g/mol. The summed E-state index contributed by atoms with van der Waals surface area (Å²) in [4.78, 5) is 41.0. The standard InChI is InChI=1S/C62H43N3O4/c66-61-53-33-41(36-64-59(53)50-16-7-9-20-57(50)68-61)24-22-39-30-40(23-25-42-34-54-60(65-37-42)51-17-8-10-21-58(51)69-62(54)67)32-47(31-39)48-18-11-19-49(48)55-38-63-56(46-14-5-2-6-15-46)35-52(55)45-28-26-44(27-29-45)43-12-3-1-4-13-43/h1-17,19-21,26-38H,18,22-25H2. The van der Waals surface area contributed by atoms with Crippen LogP contribution in [0.5, 0.6) is 0 Å². The number of rotatable bonds is 11. The lowest BCUT2D eigenvalue weighted by molar-refractivity contribution is 0.569. The van der Waals surface area contributed by atoms with E-state index in [9.17, 15) is 9.59 Å². The second kappa shape index (κ2) is 17.8. The van der Waals surface area contributed by atoms with Crippen molar-refractivity contribution in [2.45, 2.75) is 32.1 Å². The molecule has 69 heavy (non-hydrogen) atoms. The van der Waals surface area contributed by atoms with Gasteiger partial charge in [0, 0.05) is 40.5 Å². The first-order valence-electron chi connectivity index (χ1n) is 23.3. The number of hydrogen-bond donors (Lipinski definition) is 0. The summed E-state index contributed by atoms with van der Waals surface area (Å²) in [7, 11) is 0. The predicted octanol–water partition coefficient (Wildman–Crippen LogP) is 13.8. The van der Waals surface area contributed by atoms with Crippen LogP contribution in [-0.4, -0.2) is 15.0 Å². The Kier molecular flexibility index (Phi) is 10.7. The van der Waals surface area contributed by atoms with Crippen molar-refractivity contribution in [2.24, 2.45) is 0 Å². The highest BCUT2D eigenvalue weighted by Crippen LogP contribution is 2.41. The van der Waals surface area contributed by atoms with Gasteiger partial charge in [-0.15, -0.1) is 0 Å². The Morgan fingerprint density at radius 1 is 0.406 bits per heavy atom. The third-order valence-corrected chi connectivity index (χ3v) is 13.3. The van der Waals surface area contributed by atoms with E-state index in [0.29, 0.717) is 45.8 Å². The highest BCUT2D eigenvalue weighted by Gasteiger charge is 2.20. The lowest BCUT2D eigenvalue weighted by Gasteiger charge is -2.17. The fourth-order valence-electron chi connectivity index (χ4n) is 9.82. The molecule has 0 saturated carbocycles. The molecule has 0 spiro atoms. The molecule has 0 aliphatic heterocycles. The van der Waals surface area contributed by atoms with Crippen LogP contribution in [0.15, 0.2) is 219 Å². The van der Waals surface area contributed by atoms with E-state index in [2.05, 4.69) is 109 Å². The number of pyridine rings is 3. The molecule has 6 aromatic carbocycles. The highest BCUT2D eigenvalue weighted by molar-refractivity contribution is 6.04. The van der Waals surface area contributed by atoms with Crippen molar-refractivity contribution < 1.29 is 8.83 Å². The fourth-order valence-corrected chi connectivity index (χ4v) is 9.82. The Morgan fingerprint density at radius 2 is 0.913 bits per heavy atom. The van der Waals surface area contributed by atoms with Crippen molar-refractivity contribution in [1.82, 2.24) is 15.0 Å². The molecule has 0 amide bonds. The number of benzene rings is 6. The van der Waals surface area contributed by atoms with Gasteiger partial charge in [0.05, 0.1) is 27.5 Å². The summed E-state index contributed by atoms with van der Waals surface area (Å²) in [5.41, 5.74) is 17.0. The first-order chi connectivity index (χ1) is 34.0. The predicted molar refractivity (Wildman–Crippen MR) is 278 cm³/mol. The molecule has 1 aliphatic rings. The number of allylic oxidation sites excluding steroid dienone is 4. The minimum atomic E-state index is -0.387. The molecule has 11 aromatic rings. The number of aromatic nitrogens is 3. The zero-order chi connectivity index (χ0) is 46.3. The van der Waals surface area contributed by atoms with Gasteiger partial charge in [-0.05, 0) is 136 Å². The molecule has 0 unspecified atom stereocenters. The smallest absolute Gasteiger partial charge is 0.345 e. The summed E-state index contributed by atoms with van der Waals surface area (Å²) in [5.74, 6) is 0. The topological polar surface area (TPSA) is 99.1 Å². The largest absolute Gasteiger partial charge is 0.422 e. The number of fused-ring (bicyclic) bond motifs is 6. The molecule has 0 fully saturated rings. The molecular formula is C62H43N3O4. The van der Waals surface area contributed by atoms with Crippen molar-refractivity contribution in [2.75, 3.05) is 0 Å². The zero-order valence-corrected chi connectivity index (χ0v) is 37.6. The normalized spacial score (nSPS) is 12.5. The summed E-state index contributed by atoms with van der Waals surface area (Å²) < 4.78 is 11.4. The minimum absolute atomic E-state index is 0.387. The van der Waals surface area contributed by atoms with E-state index >= 15 is 0 Å². The lowest BCUT2D eigenvalue weighted by Crippen LogP contribution is -2.04. The molecular weight excluding hydrogens is 851 g/mol. The third kappa shape index (κ3) is 8.14. The molecule has 5 aromatic heterocycles. The van der Waals surface area contributed by atoms with E-state index in [4.69, 9.17) is 23.8 Å². The van der Waals surface area contributed by atoms with Crippen molar-refractivity contribution in [3.8, 4) is 33.5 Å². The summed E-state index contributed by atoms with van der Waals surface area (Å²) in [6.45, 7) is 0. The summed E-state index contributed by atoms with van der Waals surface area (Å²) in [5, 5.41) is 2.60. The van der Waals surface area contributed by atoms with E-state index < -0.39 is 0 Å². The van der Waals surface area contributed by atoms with Gasteiger partial charge in [0.1, 0.15) is 11.2 Å². The maximum absolute atomic E-state index is 13.2. The van der Waals surface area contributed by atoms with Gasteiger partial charge in [0.25, 0.3) is 0 Å². The van der Waals surface area contributed by atoms with Crippen LogP contribution in [0.1, 0.15) is 39.8 Å². The summed E-state index contributed by atoms with van der Waals surface area (Å²) >= 11 is 0. The van der Waals surface area contributed by atoms with Gasteiger partial charge >= 0.3 is 11.3 Å². The SMILES string of the molecule is O=c1oc2ccccc2c2ncc(CCc3cc(CCc4cnc5c(c4)c(=O)oc4ccccc45)cc(C4=C(c5cnc(-c6ccccc6)cc5-c5ccc(-c6ccccc6)cc5)C=CC4)c3)cc12. The van der Waals surface area contributed by atoms with E-state index in [1.54, 1.807) is 12.1 Å². The molecule has 12 rings (SSSR count). The highest BCUT2D eigenvalue weighted by atomic mass is 16.4. The summed E-state index contributed by atoms with van der Waals surface area (Å²) in [6.07, 6.45) is 13.9. The Balaban J connectivity index is 0.934. The van der Waals surface area contributed by atoms with E-state index in [1.807, 2.05) is 79.3 Å². The van der Waals surface area contributed by atoms with Gasteiger partial charge in [0.15, 0.2) is 0 Å². The van der Waals surface area contributed by atoms with Gasteiger partial charge in [-0.2, -0.15) is 0 Å². The van der Waals surface area contributed by atoms with Crippen molar-refractivity contribution in [3.63, 3.8) is 0 Å². The van der Waals surface area contributed by atoms with Crippen LogP contribution < -0.4 is 11.3 Å². The van der Waals surface area contributed by atoms with Gasteiger partial charge in [-0.1, -0.05) is 140 Å². The lowest BCUT2D eigenvalue weighted by atomic mass is 9.88. The molecule has 7 heteroatoms. The number of aryl methyl sites for hydroxylation is 4.